The van der Waals surface area contributed by atoms with Gasteiger partial charge in [0.05, 0.1) is 19.1 Å². The van der Waals surface area contributed by atoms with E-state index in [1.54, 1.807) is 26.2 Å². The molecule has 2 rings (SSSR count). The van der Waals surface area contributed by atoms with Crippen molar-refractivity contribution in [3.05, 3.63) is 59.7 Å². The molecule has 0 radical (unpaired) electrons. The molecule has 2 amide bonds. The SMILES string of the molecule is CCc1ccc(N(CCCC(=O)N(Cc2cccc(OC)c2)C(C)C(=O)NC(C)C)S(C)(=O)=O)cc1. The average Bonchev–Trinajstić information content (AvgIpc) is 2.83. The number of anilines is 1. The maximum absolute atomic E-state index is 13.3. The van der Waals surface area contributed by atoms with Gasteiger partial charge < -0.3 is 15.0 Å². The fourth-order valence-electron chi connectivity index (χ4n) is 3.86. The molecule has 0 heterocycles. The van der Waals surface area contributed by atoms with Crippen LogP contribution in [0, 0.1) is 0 Å². The summed E-state index contributed by atoms with van der Waals surface area (Å²) in [7, 11) is -1.95. The standard InChI is InChI=1S/C27H39N3O5S/c1-7-22-13-15-24(16-14-22)30(36(6,33)34)17-9-12-26(31)29(21(4)27(32)28-20(2)3)19-23-10-8-11-25(18-23)35-5/h8,10-11,13-16,18,20-21H,7,9,12,17,19H2,1-6H3,(H,28,32). The van der Waals surface area contributed by atoms with Gasteiger partial charge in [0.15, 0.2) is 0 Å². The number of nitrogens with one attached hydrogen (secondary N) is 1. The minimum absolute atomic E-state index is 0.0591. The van der Waals surface area contributed by atoms with E-state index in [0.29, 0.717) is 17.9 Å². The molecule has 8 nitrogen and oxygen atoms in total. The van der Waals surface area contributed by atoms with E-state index in [4.69, 9.17) is 4.74 Å². The topological polar surface area (TPSA) is 96.0 Å². The molecule has 0 aliphatic rings. The predicted octanol–water partition coefficient (Wildman–Crippen LogP) is 3.75. The third kappa shape index (κ3) is 8.55. The number of amides is 2. The highest BCUT2D eigenvalue weighted by Gasteiger charge is 2.27. The van der Waals surface area contributed by atoms with Crippen molar-refractivity contribution in [2.75, 3.05) is 24.2 Å². The number of nitrogens with zero attached hydrogens (tertiary/aromatic N) is 2. The highest BCUT2D eigenvalue weighted by molar-refractivity contribution is 7.92. The average molecular weight is 518 g/mol. The molecule has 1 atom stereocenters. The largest absolute Gasteiger partial charge is 0.497 e. The summed E-state index contributed by atoms with van der Waals surface area (Å²) in [6.07, 6.45) is 2.44. The first-order valence-corrected chi connectivity index (χ1v) is 14.1. The molecule has 0 aliphatic carbocycles. The lowest BCUT2D eigenvalue weighted by Gasteiger charge is -2.30. The van der Waals surface area contributed by atoms with Gasteiger partial charge in [-0.25, -0.2) is 8.42 Å². The molecule has 0 saturated heterocycles. The zero-order valence-corrected chi connectivity index (χ0v) is 23.0. The van der Waals surface area contributed by atoms with Crippen LogP contribution in [0.2, 0.25) is 0 Å². The molecule has 0 bridgehead atoms. The van der Waals surface area contributed by atoms with Crippen molar-refractivity contribution in [1.29, 1.82) is 0 Å². The summed E-state index contributed by atoms with van der Waals surface area (Å²) < 4.78 is 31.5. The van der Waals surface area contributed by atoms with Crippen molar-refractivity contribution in [3.8, 4) is 5.75 Å². The fraction of sp³-hybridized carbons (Fsp3) is 0.481. The van der Waals surface area contributed by atoms with Crippen LogP contribution >= 0.6 is 0 Å². The first-order valence-electron chi connectivity index (χ1n) is 12.3. The first-order chi connectivity index (χ1) is 17.0. The van der Waals surface area contributed by atoms with Crippen LogP contribution in [0.25, 0.3) is 0 Å². The Kier molecular flexibility index (Phi) is 10.8. The van der Waals surface area contributed by atoms with Gasteiger partial charge in [0.25, 0.3) is 0 Å². The second-order valence-electron chi connectivity index (χ2n) is 9.17. The summed E-state index contributed by atoms with van der Waals surface area (Å²) in [6, 6.07) is 14.0. The summed E-state index contributed by atoms with van der Waals surface area (Å²) in [5.41, 5.74) is 2.52. The van der Waals surface area contributed by atoms with Crippen molar-refractivity contribution in [2.45, 2.75) is 65.6 Å². The number of methoxy groups -OCH3 is 1. The molecule has 1 unspecified atom stereocenters. The summed E-state index contributed by atoms with van der Waals surface area (Å²) in [5.74, 6) is 0.200. The van der Waals surface area contributed by atoms with Gasteiger partial charge >= 0.3 is 0 Å². The highest BCUT2D eigenvalue weighted by atomic mass is 32.2. The number of aryl methyl sites for hydroxylation is 1. The van der Waals surface area contributed by atoms with Crippen molar-refractivity contribution in [2.24, 2.45) is 0 Å². The van der Waals surface area contributed by atoms with Gasteiger partial charge in [0, 0.05) is 25.6 Å². The lowest BCUT2D eigenvalue weighted by atomic mass is 10.1. The second-order valence-corrected chi connectivity index (χ2v) is 11.1. The van der Waals surface area contributed by atoms with E-state index >= 15 is 0 Å². The molecule has 1 N–H and O–H groups in total. The molecule has 36 heavy (non-hydrogen) atoms. The van der Waals surface area contributed by atoms with E-state index in [2.05, 4.69) is 5.32 Å². The zero-order chi connectivity index (χ0) is 26.9. The number of hydrogen-bond donors (Lipinski definition) is 1. The third-order valence-electron chi connectivity index (χ3n) is 5.87. The number of rotatable bonds is 13. The van der Waals surface area contributed by atoms with Crippen molar-refractivity contribution in [1.82, 2.24) is 10.2 Å². The second kappa shape index (κ2) is 13.3. The van der Waals surface area contributed by atoms with Crippen molar-refractivity contribution < 1.29 is 22.7 Å². The summed E-state index contributed by atoms with van der Waals surface area (Å²) in [5, 5.41) is 2.87. The Morgan fingerprint density at radius 3 is 2.25 bits per heavy atom. The Morgan fingerprint density at radius 2 is 1.69 bits per heavy atom. The number of carbonyl (C=O) groups is 2. The van der Waals surface area contributed by atoms with Crippen LogP contribution in [0.5, 0.6) is 5.75 Å². The molecule has 2 aromatic rings. The highest BCUT2D eigenvalue weighted by Crippen LogP contribution is 2.21. The molecular formula is C27H39N3O5S. The predicted molar refractivity (Wildman–Crippen MR) is 144 cm³/mol. The maximum atomic E-state index is 13.3. The van der Waals surface area contributed by atoms with E-state index < -0.39 is 16.1 Å². The van der Waals surface area contributed by atoms with Gasteiger partial charge in [-0.2, -0.15) is 0 Å². The molecule has 0 spiro atoms. The Bertz CT molecular complexity index is 1120. The molecule has 0 aromatic heterocycles. The van der Waals surface area contributed by atoms with Gasteiger partial charge in [-0.05, 0) is 69.0 Å². The maximum Gasteiger partial charge on any atom is 0.242 e. The zero-order valence-electron chi connectivity index (χ0n) is 22.2. The van der Waals surface area contributed by atoms with Crippen LogP contribution in [0.1, 0.15) is 51.7 Å². The van der Waals surface area contributed by atoms with Gasteiger partial charge in [-0.3, -0.25) is 13.9 Å². The molecular weight excluding hydrogens is 478 g/mol. The first kappa shape index (κ1) is 29.2. The Labute approximate surface area is 215 Å². The van der Waals surface area contributed by atoms with E-state index in [0.717, 1.165) is 23.8 Å². The number of benzene rings is 2. The van der Waals surface area contributed by atoms with E-state index in [-0.39, 0.29) is 37.4 Å². The lowest BCUT2D eigenvalue weighted by molar-refractivity contribution is -0.140. The van der Waals surface area contributed by atoms with Crippen LogP contribution in [0.15, 0.2) is 48.5 Å². The molecule has 9 heteroatoms. The summed E-state index contributed by atoms with van der Waals surface area (Å²) >= 11 is 0. The normalized spacial score (nSPS) is 12.2. The van der Waals surface area contributed by atoms with Crippen LogP contribution in [-0.4, -0.2) is 57.1 Å². The minimum atomic E-state index is -3.52. The van der Waals surface area contributed by atoms with E-state index in [1.807, 2.05) is 57.2 Å². The van der Waals surface area contributed by atoms with Gasteiger partial charge in [-0.15, -0.1) is 0 Å². The monoisotopic (exact) mass is 517 g/mol. The molecule has 0 saturated carbocycles. The van der Waals surface area contributed by atoms with Crippen molar-refractivity contribution in [3.63, 3.8) is 0 Å². The van der Waals surface area contributed by atoms with Gasteiger partial charge in [0.2, 0.25) is 21.8 Å². The van der Waals surface area contributed by atoms with Crippen molar-refractivity contribution >= 4 is 27.5 Å². The van der Waals surface area contributed by atoms with E-state index in [9.17, 15) is 18.0 Å². The van der Waals surface area contributed by atoms with Crippen LogP contribution in [-0.2, 0) is 32.6 Å². The van der Waals surface area contributed by atoms with Gasteiger partial charge in [0.1, 0.15) is 11.8 Å². The fourth-order valence-corrected chi connectivity index (χ4v) is 4.82. The smallest absolute Gasteiger partial charge is 0.242 e. The van der Waals surface area contributed by atoms with Crippen LogP contribution in [0.4, 0.5) is 5.69 Å². The molecule has 2 aromatic carbocycles. The number of hydrogen-bond acceptors (Lipinski definition) is 5. The quantitative estimate of drug-likeness (QED) is 0.437. The Balaban J connectivity index is 2.18. The molecule has 0 aliphatic heterocycles. The van der Waals surface area contributed by atoms with Crippen LogP contribution in [0.3, 0.4) is 0 Å². The Hall–Kier alpha value is -3.07. The number of sulfonamides is 1. The summed E-state index contributed by atoms with van der Waals surface area (Å²) in [6.45, 7) is 7.87. The minimum Gasteiger partial charge on any atom is -0.497 e. The van der Waals surface area contributed by atoms with E-state index in [1.165, 1.54) is 9.21 Å². The molecule has 0 fully saturated rings. The van der Waals surface area contributed by atoms with Gasteiger partial charge in [-0.1, -0.05) is 31.2 Å². The van der Waals surface area contributed by atoms with Crippen LogP contribution < -0.4 is 14.4 Å². The third-order valence-corrected chi connectivity index (χ3v) is 7.06. The Morgan fingerprint density at radius 1 is 1.03 bits per heavy atom. The number of carbonyl (C=O) groups excluding carboxylic acids is 2. The number of ether oxygens (including phenoxy) is 1. The summed E-state index contributed by atoms with van der Waals surface area (Å²) in [4.78, 5) is 27.6. The lowest BCUT2D eigenvalue weighted by Crippen LogP contribution is -2.49. The molecule has 198 valence electrons.